The zero-order valence-corrected chi connectivity index (χ0v) is 14.2. The molecule has 2 rings (SSSR count). The van der Waals surface area contributed by atoms with Crippen LogP contribution < -0.4 is 5.32 Å². The highest BCUT2D eigenvalue weighted by molar-refractivity contribution is 6.33. The fourth-order valence-corrected chi connectivity index (χ4v) is 2.84. The molecule has 0 aliphatic rings. The van der Waals surface area contributed by atoms with Crippen molar-refractivity contribution >= 4 is 23.2 Å². The number of aryl methyl sites for hydroxylation is 2. The second kappa shape index (κ2) is 7.31. The van der Waals surface area contributed by atoms with E-state index in [4.69, 9.17) is 23.2 Å². The minimum atomic E-state index is 0.241. The summed E-state index contributed by atoms with van der Waals surface area (Å²) in [5.74, 6) is 0. The number of likely N-dealkylation sites (N-methyl/N-ethyl adjacent to an activating group) is 1. The SMILES string of the molecule is CCNC(Cc1cc(Cl)ccc1Cl)c1ccc(C)c(C)c1. The van der Waals surface area contributed by atoms with Gasteiger partial charge in [-0.1, -0.05) is 48.3 Å². The Morgan fingerprint density at radius 3 is 2.43 bits per heavy atom. The first-order valence-corrected chi connectivity index (χ1v) is 8.01. The molecule has 2 aromatic carbocycles. The summed E-state index contributed by atoms with van der Waals surface area (Å²) in [5.41, 5.74) is 4.99. The quantitative estimate of drug-likeness (QED) is 0.766. The van der Waals surface area contributed by atoms with Crippen LogP contribution in [0.3, 0.4) is 0 Å². The average Bonchev–Trinajstić information content (AvgIpc) is 2.45. The predicted octanol–water partition coefficient (Wildman–Crippen LogP) is 5.50. The lowest BCUT2D eigenvalue weighted by atomic mass is 9.96. The largest absolute Gasteiger partial charge is 0.310 e. The second-order valence-corrected chi connectivity index (χ2v) is 6.24. The maximum absolute atomic E-state index is 6.30. The Kier molecular flexibility index (Phi) is 5.69. The van der Waals surface area contributed by atoms with Gasteiger partial charge >= 0.3 is 0 Å². The van der Waals surface area contributed by atoms with Crippen molar-refractivity contribution in [1.82, 2.24) is 5.32 Å². The third-order valence-corrected chi connectivity index (χ3v) is 4.42. The lowest BCUT2D eigenvalue weighted by Crippen LogP contribution is -2.23. The number of halogens is 2. The van der Waals surface area contributed by atoms with E-state index in [1.54, 1.807) is 0 Å². The maximum atomic E-state index is 6.30. The molecule has 0 heterocycles. The van der Waals surface area contributed by atoms with Gasteiger partial charge in [0.15, 0.2) is 0 Å². The molecule has 3 heteroatoms. The molecule has 0 saturated carbocycles. The molecule has 112 valence electrons. The molecule has 0 saturated heterocycles. The molecule has 1 nitrogen and oxygen atoms in total. The van der Waals surface area contributed by atoms with Crippen LogP contribution in [0.5, 0.6) is 0 Å². The molecular weight excluding hydrogens is 301 g/mol. The van der Waals surface area contributed by atoms with Gasteiger partial charge in [-0.05, 0) is 67.3 Å². The van der Waals surface area contributed by atoms with Crippen molar-refractivity contribution in [2.75, 3.05) is 6.54 Å². The number of hydrogen-bond acceptors (Lipinski definition) is 1. The van der Waals surface area contributed by atoms with Gasteiger partial charge in [-0.2, -0.15) is 0 Å². The summed E-state index contributed by atoms with van der Waals surface area (Å²) in [7, 11) is 0. The molecule has 0 spiro atoms. The van der Waals surface area contributed by atoms with Gasteiger partial charge < -0.3 is 5.32 Å². The van der Waals surface area contributed by atoms with Crippen molar-refractivity contribution < 1.29 is 0 Å². The number of benzene rings is 2. The van der Waals surface area contributed by atoms with E-state index in [1.165, 1.54) is 16.7 Å². The molecule has 0 amide bonds. The molecule has 21 heavy (non-hydrogen) atoms. The van der Waals surface area contributed by atoms with Crippen LogP contribution in [-0.2, 0) is 6.42 Å². The average molecular weight is 322 g/mol. The third kappa shape index (κ3) is 4.23. The Hall–Kier alpha value is -1.02. The molecule has 0 aliphatic carbocycles. The monoisotopic (exact) mass is 321 g/mol. The van der Waals surface area contributed by atoms with E-state index >= 15 is 0 Å². The van der Waals surface area contributed by atoms with E-state index in [1.807, 2.05) is 18.2 Å². The van der Waals surface area contributed by atoms with E-state index in [2.05, 4.69) is 44.3 Å². The van der Waals surface area contributed by atoms with Gasteiger partial charge in [0.1, 0.15) is 0 Å². The van der Waals surface area contributed by atoms with Crippen LogP contribution in [0.4, 0.5) is 0 Å². The van der Waals surface area contributed by atoms with Crippen LogP contribution in [0, 0.1) is 13.8 Å². The molecule has 1 N–H and O–H groups in total. The third-order valence-electron chi connectivity index (χ3n) is 3.82. The van der Waals surface area contributed by atoms with Crippen LogP contribution in [0.2, 0.25) is 10.0 Å². The van der Waals surface area contributed by atoms with Gasteiger partial charge in [0, 0.05) is 16.1 Å². The fraction of sp³-hybridized carbons (Fsp3) is 0.333. The van der Waals surface area contributed by atoms with E-state index < -0.39 is 0 Å². The number of nitrogens with one attached hydrogen (secondary N) is 1. The topological polar surface area (TPSA) is 12.0 Å². The van der Waals surface area contributed by atoms with Crippen molar-refractivity contribution in [2.45, 2.75) is 33.2 Å². The molecule has 0 aliphatic heterocycles. The fourth-order valence-electron chi connectivity index (χ4n) is 2.46. The highest BCUT2D eigenvalue weighted by atomic mass is 35.5. The van der Waals surface area contributed by atoms with Crippen molar-refractivity contribution in [2.24, 2.45) is 0 Å². The Balaban J connectivity index is 2.30. The van der Waals surface area contributed by atoms with E-state index in [9.17, 15) is 0 Å². The summed E-state index contributed by atoms with van der Waals surface area (Å²) >= 11 is 12.4. The predicted molar refractivity (Wildman–Crippen MR) is 92.5 cm³/mol. The lowest BCUT2D eigenvalue weighted by Gasteiger charge is -2.20. The minimum Gasteiger partial charge on any atom is -0.310 e. The maximum Gasteiger partial charge on any atom is 0.0439 e. The van der Waals surface area contributed by atoms with E-state index in [0.717, 1.165) is 28.6 Å². The molecule has 1 atom stereocenters. The first-order chi connectivity index (χ1) is 10.0. The number of rotatable bonds is 5. The lowest BCUT2D eigenvalue weighted by molar-refractivity contribution is 0.549. The summed E-state index contributed by atoms with van der Waals surface area (Å²) in [5, 5.41) is 5.04. The molecule has 0 aromatic heterocycles. The number of hydrogen-bond donors (Lipinski definition) is 1. The molecule has 0 radical (unpaired) electrons. The highest BCUT2D eigenvalue weighted by Crippen LogP contribution is 2.27. The summed E-state index contributed by atoms with van der Waals surface area (Å²) in [6.07, 6.45) is 0.829. The van der Waals surface area contributed by atoms with Gasteiger partial charge in [-0.25, -0.2) is 0 Å². The van der Waals surface area contributed by atoms with Crippen LogP contribution in [0.25, 0.3) is 0 Å². The van der Waals surface area contributed by atoms with Gasteiger partial charge in [0.25, 0.3) is 0 Å². The molecule has 0 fully saturated rings. The zero-order chi connectivity index (χ0) is 15.4. The summed E-state index contributed by atoms with van der Waals surface area (Å²) in [6.45, 7) is 7.31. The first kappa shape index (κ1) is 16.4. The molecule has 2 aromatic rings. The Morgan fingerprint density at radius 1 is 1.00 bits per heavy atom. The van der Waals surface area contributed by atoms with Crippen molar-refractivity contribution in [3.63, 3.8) is 0 Å². The van der Waals surface area contributed by atoms with Gasteiger partial charge in [-0.3, -0.25) is 0 Å². The first-order valence-electron chi connectivity index (χ1n) is 7.25. The van der Waals surface area contributed by atoms with Crippen molar-refractivity contribution in [1.29, 1.82) is 0 Å². The summed E-state index contributed by atoms with van der Waals surface area (Å²) < 4.78 is 0. The Bertz CT molecular complexity index is 623. The summed E-state index contributed by atoms with van der Waals surface area (Å²) in [4.78, 5) is 0. The smallest absolute Gasteiger partial charge is 0.0439 e. The summed E-state index contributed by atoms with van der Waals surface area (Å²) in [6, 6.07) is 12.5. The Morgan fingerprint density at radius 2 is 1.76 bits per heavy atom. The highest BCUT2D eigenvalue weighted by Gasteiger charge is 2.14. The minimum absolute atomic E-state index is 0.241. The van der Waals surface area contributed by atoms with Crippen LogP contribution in [-0.4, -0.2) is 6.54 Å². The molecule has 1 unspecified atom stereocenters. The van der Waals surface area contributed by atoms with Gasteiger partial charge in [-0.15, -0.1) is 0 Å². The van der Waals surface area contributed by atoms with E-state index in [0.29, 0.717) is 0 Å². The van der Waals surface area contributed by atoms with E-state index in [-0.39, 0.29) is 6.04 Å². The standard InChI is InChI=1S/C18H21Cl2N/c1-4-21-18(14-6-5-12(2)13(3)9-14)11-15-10-16(19)7-8-17(15)20/h5-10,18,21H,4,11H2,1-3H3. The van der Waals surface area contributed by atoms with Crippen LogP contribution in [0.15, 0.2) is 36.4 Å². The van der Waals surface area contributed by atoms with Gasteiger partial charge in [0.2, 0.25) is 0 Å². The normalized spacial score (nSPS) is 12.4. The van der Waals surface area contributed by atoms with Crippen molar-refractivity contribution in [3.05, 3.63) is 68.7 Å². The molecule has 0 bridgehead atoms. The molecular formula is C18H21Cl2N. The zero-order valence-electron chi connectivity index (χ0n) is 12.7. The Labute approximate surface area is 137 Å². The second-order valence-electron chi connectivity index (χ2n) is 5.39. The van der Waals surface area contributed by atoms with Gasteiger partial charge in [0.05, 0.1) is 0 Å². The van der Waals surface area contributed by atoms with Crippen LogP contribution in [0.1, 0.15) is 35.2 Å². The van der Waals surface area contributed by atoms with Crippen molar-refractivity contribution in [3.8, 4) is 0 Å². The van der Waals surface area contributed by atoms with Crippen LogP contribution >= 0.6 is 23.2 Å².